The van der Waals surface area contributed by atoms with Crippen molar-refractivity contribution in [3.63, 3.8) is 0 Å². The highest BCUT2D eigenvalue weighted by molar-refractivity contribution is 5.69. The van der Waals surface area contributed by atoms with Crippen molar-refractivity contribution in [3.05, 3.63) is 34.9 Å². The molecule has 1 rings (SSSR count). The van der Waals surface area contributed by atoms with Crippen molar-refractivity contribution in [1.82, 2.24) is 5.32 Å². The number of carboxylic acids is 1. The van der Waals surface area contributed by atoms with Crippen molar-refractivity contribution < 1.29 is 9.90 Å². The number of carboxylic acid groups (broad SMARTS) is 1. The van der Waals surface area contributed by atoms with Crippen molar-refractivity contribution >= 4 is 5.97 Å². The molecule has 1 atom stereocenters. The van der Waals surface area contributed by atoms with Gasteiger partial charge in [0.2, 0.25) is 0 Å². The van der Waals surface area contributed by atoms with E-state index in [0.29, 0.717) is 6.54 Å². The Balaban J connectivity index is 2.34. The number of rotatable bonds is 6. The molecule has 0 radical (unpaired) electrons. The van der Waals surface area contributed by atoms with Gasteiger partial charge in [-0.2, -0.15) is 0 Å². The highest BCUT2D eigenvalue weighted by atomic mass is 16.4. The molecule has 3 heteroatoms. The van der Waals surface area contributed by atoms with Crippen LogP contribution in [0.5, 0.6) is 0 Å². The van der Waals surface area contributed by atoms with Crippen LogP contribution in [0.25, 0.3) is 0 Å². The SMILES string of the molecule is Cc1ccc(CCNCC(C)C(=O)O)c(C)c1. The summed E-state index contributed by atoms with van der Waals surface area (Å²) in [5.41, 5.74) is 3.91. The van der Waals surface area contributed by atoms with E-state index >= 15 is 0 Å². The van der Waals surface area contributed by atoms with Gasteiger partial charge in [-0.25, -0.2) is 0 Å². The number of hydrogen-bond acceptors (Lipinski definition) is 2. The third-order valence-corrected chi connectivity index (χ3v) is 2.94. The van der Waals surface area contributed by atoms with E-state index in [1.807, 2.05) is 0 Å². The minimum atomic E-state index is -0.746. The Morgan fingerprint density at radius 3 is 2.71 bits per heavy atom. The van der Waals surface area contributed by atoms with Crippen molar-refractivity contribution in [2.75, 3.05) is 13.1 Å². The Morgan fingerprint density at radius 2 is 2.12 bits per heavy atom. The van der Waals surface area contributed by atoms with Gasteiger partial charge in [0.25, 0.3) is 0 Å². The maximum absolute atomic E-state index is 10.6. The third-order valence-electron chi connectivity index (χ3n) is 2.94. The first kappa shape index (κ1) is 13.7. The molecule has 0 aliphatic rings. The molecule has 0 aliphatic carbocycles. The van der Waals surface area contributed by atoms with E-state index in [2.05, 4.69) is 37.4 Å². The summed E-state index contributed by atoms with van der Waals surface area (Å²) in [6.45, 7) is 7.26. The fourth-order valence-corrected chi connectivity index (χ4v) is 1.76. The van der Waals surface area contributed by atoms with E-state index in [1.54, 1.807) is 6.92 Å². The Labute approximate surface area is 103 Å². The van der Waals surface area contributed by atoms with Gasteiger partial charge in [0.15, 0.2) is 0 Å². The molecule has 94 valence electrons. The molecular weight excluding hydrogens is 214 g/mol. The van der Waals surface area contributed by atoms with Gasteiger partial charge in [0, 0.05) is 6.54 Å². The molecule has 3 nitrogen and oxygen atoms in total. The van der Waals surface area contributed by atoms with E-state index in [9.17, 15) is 4.79 Å². The van der Waals surface area contributed by atoms with Crippen molar-refractivity contribution in [1.29, 1.82) is 0 Å². The summed E-state index contributed by atoms with van der Waals surface area (Å²) in [5, 5.41) is 11.9. The second kappa shape index (κ2) is 6.40. The molecule has 0 spiro atoms. The summed E-state index contributed by atoms with van der Waals surface area (Å²) in [6.07, 6.45) is 0.943. The highest BCUT2D eigenvalue weighted by Crippen LogP contribution is 2.10. The van der Waals surface area contributed by atoms with E-state index in [-0.39, 0.29) is 5.92 Å². The lowest BCUT2D eigenvalue weighted by Crippen LogP contribution is -2.27. The van der Waals surface area contributed by atoms with Crippen molar-refractivity contribution in [3.8, 4) is 0 Å². The van der Waals surface area contributed by atoms with Crippen LogP contribution in [0.2, 0.25) is 0 Å². The third kappa shape index (κ3) is 4.57. The van der Waals surface area contributed by atoms with Crippen LogP contribution in [0.15, 0.2) is 18.2 Å². The molecule has 2 N–H and O–H groups in total. The molecule has 0 saturated carbocycles. The molecule has 0 saturated heterocycles. The van der Waals surface area contributed by atoms with Crippen LogP contribution < -0.4 is 5.32 Å². The van der Waals surface area contributed by atoms with E-state index in [1.165, 1.54) is 16.7 Å². The standard InChI is InChI=1S/C14H21NO2/c1-10-4-5-13(11(2)8-10)6-7-15-9-12(3)14(16)17/h4-5,8,12,15H,6-7,9H2,1-3H3,(H,16,17). The Kier molecular flexibility index (Phi) is 5.16. The molecule has 0 amide bonds. The van der Waals surface area contributed by atoms with Gasteiger partial charge in [0.1, 0.15) is 0 Å². The predicted molar refractivity (Wildman–Crippen MR) is 69.3 cm³/mol. The maximum Gasteiger partial charge on any atom is 0.307 e. The summed E-state index contributed by atoms with van der Waals surface area (Å²) in [5.74, 6) is -1.07. The summed E-state index contributed by atoms with van der Waals surface area (Å²) in [6, 6.07) is 6.43. The fraction of sp³-hybridized carbons (Fsp3) is 0.500. The molecule has 1 aromatic rings. The zero-order chi connectivity index (χ0) is 12.8. The Morgan fingerprint density at radius 1 is 1.41 bits per heavy atom. The predicted octanol–water partition coefficient (Wildman–Crippen LogP) is 2.16. The zero-order valence-corrected chi connectivity index (χ0v) is 10.8. The van der Waals surface area contributed by atoms with Crippen molar-refractivity contribution in [2.45, 2.75) is 27.2 Å². The smallest absolute Gasteiger partial charge is 0.307 e. The fourth-order valence-electron chi connectivity index (χ4n) is 1.76. The lowest BCUT2D eigenvalue weighted by atomic mass is 10.0. The molecule has 0 aliphatic heterocycles. The van der Waals surface area contributed by atoms with Crippen LogP contribution in [-0.2, 0) is 11.2 Å². The van der Waals surface area contributed by atoms with Crippen LogP contribution in [0, 0.1) is 19.8 Å². The van der Waals surface area contributed by atoms with E-state index in [0.717, 1.165) is 13.0 Å². The van der Waals surface area contributed by atoms with Gasteiger partial charge in [-0.3, -0.25) is 4.79 Å². The molecule has 0 aromatic heterocycles. The normalized spacial score (nSPS) is 12.4. The molecule has 0 fully saturated rings. The first-order chi connectivity index (χ1) is 8.00. The highest BCUT2D eigenvalue weighted by Gasteiger charge is 2.09. The van der Waals surface area contributed by atoms with Crippen LogP contribution >= 0.6 is 0 Å². The topological polar surface area (TPSA) is 49.3 Å². The lowest BCUT2D eigenvalue weighted by molar-refractivity contribution is -0.140. The molecule has 1 unspecified atom stereocenters. The van der Waals surface area contributed by atoms with E-state index < -0.39 is 5.97 Å². The van der Waals surface area contributed by atoms with Gasteiger partial charge in [-0.1, -0.05) is 30.7 Å². The Hall–Kier alpha value is -1.35. The van der Waals surface area contributed by atoms with Gasteiger partial charge in [-0.05, 0) is 37.9 Å². The van der Waals surface area contributed by atoms with Crippen LogP contribution in [0.3, 0.4) is 0 Å². The largest absolute Gasteiger partial charge is 0.481 e. The number of aryl methyl sites for hydroxylation is 2. The lowest BCUT2D eigenvalue weighted by Gasteiger charge is -2.10. The van der Waals surface area contributed by atoms with Gasteiger partial charge >= 0.3 is 5.97 Å². The molecular formula is C14H21NO2. The molecule has 17 heavy (non-hydrogen) atoms. The van der Waals surface area contributed by atoms with Crippen molar-refractivity contribution in [2.24, 2.45) is 5.92 Å². The van der Waals surface area contributed by atoms with Gasteiger partial charge < -0.3 is 10.4 Å². The molecule has 0 bridgehead atoms. The average Bonchev–Trinajstić information content (AvgIpc) is 2.26. The zero-order valence-electron chi connectivity index (χ0n) is 10.8. The van der Waals surface area contributed by atoms with Crippen LogP contribution in [-0.4, -0.2) is 24.2 Å². The number of benzene rings is 1. The minimum absolute atomic E-state index is 0.325. The quantitative estimate of drug-likeness (QED) is 0.743. The molecule has 1 aromatic carbocycles. The monoisotopic (exact) mass is 235 g/mol. The summed E-state index contributed by atoms with van der Waals surface area (Å²) in [7, 11) is 0. The number of hydrogen-bond donors (Lipinski definition) is 2. The first-order valence-electron chi connectivity index (χ1n) is 6.00. The summed E-state index contributed by atoms with van der Waals surface area (Å²) >= 11 is 0. The summed E-state index contributed by atoms with van der Waals surface area (Å²) < 4.78 is 0. The van der Waals surface area contributed by atoms with Gasteiger partial charge in [0.05, 0.1) is 5.92 Å². The second-order valence-corrected chi connectivity index (χ2v) is 4.62. The molecule has 0 heterocycles. The van der Waals surface area contributed by atoms with Gasteiger partial charge in [-0.15, -0.1) is 0 Å². The van der Waals surface area contributed by atoms with Crippen LogP contribution in [0.1, 0.15) is 23.6 Å². The van der Waals surface area contributed by atoms with Crippen LogP contribution in [0.4, 0.5) is 0 Å². The van der Waals surface area contributed by atoms with E-state index in [4.69, 9.17) is 5.11 Å². The number of nitrogens with one attached hydrogen (secondary N) is 1. The second-order valence-electron chi connectivity index (χ2n) is 4.62. The Bertz CT molecular complexity index is 388. The number of carbonyl (C=O) groups is 1. The average molecular weight is 235 g/mol. The number of aliphatic carboxylic acids is 1. The minimum Gasteiger partial charge on any atom is -0.481 e. The maximum atomic E-state index is 10.6. The summed E-state index contributed by atoms with van der Waals surface area (Å²) in [4.78, 5) is 10.6. The first-order valence-corrected chi connectivity index (χ1v) is 6.00.